The molecule has 0 bridgehead atoms. The number of rotatable bonds is 4. The molecule has 1 saturated heterocycles. The molecular formula is C15H22N2OS. The molecule has 1 aliphatic heterocycles. The minimum absolute atomic E-state index is 0.169. The first-order chi connectivity index (χ1) is 9.26. The summed E-state index contributed by atoms with van der Waals surface area (Å²) in [6.45, 7) is 4.88. The zero-order chi connectivity index (χ0) is 13.7. The zero-order valence-corrected chi connectivity index (χ0v) is 12.5. The largest absolute Gasteiger partial charge is 0.336 e. The van der Waals surface area contributed by atoms with Gasteiger partial charge in [0.1, 0.15) is 0 Å². The number of hydrogen-bond donors (Lipinski definition) is 1. The van der Waals surface area contributed by atoms with Gasteiger partial charge in [-0.25, -0.2) is 0 Å². The van der Waals surface area contributed by atoms with E-state index in [1.165, 1.54) is 4.90 Å². The number of hydrogen-bond acceptors (Lipinski definition) is 3. The van der Waals surface area contributed by atoms with E-state index in [1.54, 1.807) is 11.8 Å². The lowest BCUT2D eigenvalue weighted by Gasteiger charge is -2.34. The first-order valence-electron chi connectivity index (χ1n) is 6.92. The van der Waals surface area contributed by atoms with E-state index in [9.17, 15) is 4.79 Å². The van der Waals surface area contributed by atoms with E-state index in [4.69, 9.17) is 0 Å². The van der Waals surface area contributed by atoms with Crippen molar-refractivity contribution < 1.29 is 4.79 Å². The Morgan fingerprint density at radius 1 is 1.32 bits per heavy atom. The lowest BCUT2D eigenvalue weighted by Crippen LogP contribution is -2.46. The second-order valence-electron chi connectivity index (χ2n) is 4.80. The molecule has 1 aliphatic rings. The molecule has 2 rings (SSSR count). The maximum absolute atomic E-state index is 12.6. The summed E-state index contributed by atoms with van der Waals surface area (Å²) in [7, 11) is 0. The van der Waals surface area contributed by atoms with Gasteiger partial charge in [0.05, 0.1) is 0 Å². The molecule has 104 valence electrons. The summed E-state index contributed by atoms with van der Waals surface area (Å²) in [5.41, 5.74) is 0.804. The minimum atomic E-state index is 0.169. The average molecular weight is 278 g/mol. The Bertz CT molecular complexity index is 413. The molecule has 0 atom stereocenters. The van der Waals surface area contributed by atoms with Crippen molar-refractivity contribution in [3.63, 3.8) is 0 Å². The van der Waals surface area contributed by atoms with Crippen LogP contribution in [-0.2, 0) is 0 Å². The van der Waals surface area contributed by atoms with Crippen molar-refractivity contribution in [3.05, 3.63) is 29.8 Å². The summed E-state index contributed by atoms with van der Waals surface area (Å²) in [6.07, 6.45) is 4.16. The van der Waals surface area contributed by atoms with Crippen molar-refractivity contribution in [1.29, 1.82) is 0 Å². The summed E-state index contributed by atoms with van der Waals surface area (Å²) in [5.74, 6) is 0.169. The first kappa shape index (κ1) is 14.4. The number of amides is 1. The number of nitrogens with zero attached hydrogens (tertiary/aromatic N) is 1. The van der Waals surface area contributed by atoms with Gasteiger partial charge in [0.15, 0.2) is 0 Å². The zero-order valence-electron chi connectivity index (χ0n) is 11.7. The van der Waals surface area contributed by atoms with Gasteiger partial charge in [0.2, 0.25) is 0 Å². The molecule has 19 heavy (non-hydrogen) atoms. The van der Waals surface area contributed by atoms with Crippen molar-refractivity contribution in [1.82, 2.24) is 10.2 Å². The fourth-order valence-corrected chi connectivity index (χ4v) is 2.99. The van der Waals surface area contributed by atoms with Gasteiger partial charge in [-0.15, -0.1) is 11.8 Å². The summed E-state index contributed by atoms with van der Waals surface area (Å²) < 4.78 is 0. The fourth-order valence-electron chi connectivity index (χ4n) is 2.59. The summed E-state index contributed by atoms with van der Waals surface area (Å²) in [5, 5.41) is 3.35. The summed E-state index contributed by atoms with van der Waals surface area (Å²) in [4.78, 5) is 15.8. The van der Waals surface area contributed by atoms with E-state index in [1.807, 2.05) is 35.4 Å². The highest BCUT2D eigenvalue weighted by Crippen LogP contribution is 2.18. The topological polar surface area (TPSA) is 32.3 Å². The van der Waals surface area contributed by atoms with Crippen molar-refractivity contribution in [2.24, 2.45) is 0 Å². The molecule has 0 unspecified atom stereocenters. The van der Waals surface area contributed by atoms with Gasteiger partial charge >= 0.3 is 0 Å². The number of thioether (sulfide) groups is 1. The van der Waals surface area contributed by atoms with E-state index in [0.717, 1.165) is 38.0 Å². The summed E-state index contributed by atoms with van der Waals surface area (Å²) in [6, 6.07) is 8.32. The van der Waals surface area contributed by atoms with Crippen molar-refractivity contribution >= 4 is 17.7 Å². The molecule has 0 aliphatic carbocycles. The molecule has 0 radical (unpaired) electrons. The fraction of sp³-hybridized carbons (Fsp3) is 0.533. The standard InChI is InChI=1S/C15H22N2OS/c1-3-17(13-8-10-16-11-9-13)15(18)12-4-6-14(19-2)7-5-12/h4-7,13,16H,3,8-11H2,1-2H3. The molecule has 1 N–H and O–H groups in total. The van der Waals surface area contributed by atoms with Crippen LogP contribution >= 0.6 is 11.8 Å². The monoisotopic (exact) mass is 278 g/mol. The average Bonchev–Trinajstić information content (AvgIpc) is 2.49. The Morgan fingerprint density at radius 3 is 2.47 bits per heavy atom. The molecule has 0 spiro atoms. The van der Waals surface area contributed by atoms with Crippen LogP contribution in [-0.4, -0.2) is 42.7 Å². The number of piperidine rings is 1. The van der Waals surface area contributed by atoms with Crippen LogP contribution in [0.2, 0.25) is 0 Å². The van der Waals surface area contributed by atoms with Crippen LogP contribution in [0.15, 0.2) is 29.2 Å². The molecule has 3 nitrogen and oxygen atoms in total. The van der Waals surface area contributed by atoms with Gasteiger partial charge in [-0.3, -0.25) is 4.79 Å². The highest BCUT2D eigenvalue weighted by atomic mass is 32.2. The third-order valence-corrected chi connectivity index (χ3v) is 4.43. The van der Waals surface area contributed by atoms with Gasteiger partial charge < -0.3 is 10.2 Å². The smallest absolute Gasteiger partial charge is 0.254 e. The lowest BCUT2D eigenvalue weighted by molar-refractivity contribution is 0.0656. The van der Waals surface area contributed by atoms with Crippen LogP contribution in [0.1, 0.15) is 30.1 Å². The molecule has 1 fully saturated rings. The van der Waals surface area contributed by atoms with Crippen LogP contribution in [0.25, 0.3) is 0 Å². The third kappa shape index (κ3) is 3.51. The molecule has 0 saturated carbocycles. The molecule has 1 amide bonds. The van der Waals surface area contributed by atoms with Crippen LogP contribution in [0.4, 0.5) is 0 Å². The van der Waals surface area contributed by atoms with Gasteiger partial charge in [0.25, 0.3) is 5.91 Å². The van der Waals surface area contributed by atoms with E-state index in [0.29, 0.717) is 6.04 Å². The van der Waals surface area contributed by atoms with Crippen LogP contribution < -0.4 is 5.32 Å². The Labute approximate surface area is 119 Å². The quantitative estimate of drug-likeness (QED) is 0.859. The van der Waals surface area contributed by atoms with E-state index < -0.39 is 0 Å². The van der Waals surface area contributed by atoms with Gasteiger partial charge in [-0.05, 0) is 63.4 Å². The number of benzene rings is 1. The number of carbonyl (C=O) groups is 1. The lowest BCUT2D eigenvalue weighted by atomic mass is 10.0. The highest BCUT2D eigenvalue weighted by Gasteiger charge is 2.24. The molecule has 1 aromatic carbocycles. The predicted octanol–water partition coefficient (Wildman–Crippen LogP) is 2.62. The first-order valence-corrected chi connectivity index (χ1v) is 8.14. The van der Waals surface area contributed by atoms with Gasteiger partial charge in [-0.1, -0.05) is 0 Å². The second kappa shape index (κ2) is 6.96. The second-order valence-corrected chi connectivity index (χ2v) is 5.68. The van der Waals surface area contributed by atoms with E-state index >= 15 is 0 Å². The maximum Gasteiger partial charge on any atom is 0.254 e. The van der Waals surface area contributed by atoms with Gasteiger partial charge in [-0.2, -0.15) is 0 Å². The van der Waals surface area contributed by atoms with Crippen LogP contribution in [0.5, 0.6) is 0 Å². The maximum atomic E-state index is 12.6. The Kier molecular flexibility index (Phi) is 5.28. The Balaban J connectivity index is 2.10. The molecular weight excluding hydrogens is 256 g/mol. The third-order valence-electron chi connectivity index (χ3n) is 3.69. The van der Waals surface area contributed by atoms with Gasteiger partial charge in [0, 0.05) is 23.0 Å². The minimum Gasteiger partial charge on any atom is -0.336 e. The van der Waals surface area contributed by atoms with E-state index in [2.05, 4.69) is 12.2 Å². The van der Waals surface area contributed by atoms with Crippen LogP contribution in [0.3, 0.4) is 0 Å². The Morgan fingerprint density at radius 2 is 1.95 bits per heavy atom. The number of nitrogens with one attached hydrogen (secondary N) is 1. The van der Waals surface area contributed by atoms with Crippen molar-refractivity contribution in [2.45, 2.75) is 30.7 Å². The van der Waals surface area contributed by atoms with Crippen LogP contribution in [0, 0.1) is 0 Å². The predicted molar refractivity (Wildman–Crippen MR) is 80.8 cm³/mol. The van der Waals surface area contributed by atoms with Crippen molar-refractivity contribution in [3.8, 4) is 0 Å². The highest BCUT2D eigenvalue weighted by molar-refractivity contribution is 7.98. The van der Waals surface area contributed by atoms with E-state index in [-0.39, 0.29) is 5.91 Å². The molecule has 4 heteroatoms. The normalized spacial score (nSPS) is 16.3. The Hall–Kier alpha value is -1.00. The van der Waals surface area contributed by atoms with Crippen molar-refractivity contribution in [2.75, 3.05) is 25.9 Å². The SMILES string of the molecule is CCN(C(=O)c1ccc(SC)cc1)C1CCNCC1. The molecule has 0 aromatic heterocycles. The summed E-state index contributed by atoms with van der Waals surface area (Å²) >= 11 is 1.70. The molecule has 1 heterocycles. The number of carbonyl (C=O) groups excluding carboxylic acids is 1. The molecule has 1 aromatic rings.